The van der Waals surface area contributed by atoms with E-state index >= 15 is 0 Å². The molecule has 0 atom stereocenters. The molecule has 4 rings (SSSR count). The van der Waals surface area contributed by atoms with Crippen molar-refractivity contribution < 1.29 is 18.8 Å². The van der Waals surface area contributed by atoms with Gasteiger partial charge in [0, 0.05) is 23.4 Å². The number of carbonyl (C=O) groups excluding carboxylic acids is 2. The number of nitrogens with zero attached hydrogens (tertiary/aromatic N) is 2. The van der Waals surface area contributed by atoms with Crippen LogP contribution in [0.4, 0.5) is 11.4 Å². The summed E-state index contributed by atoms with van der Waals surface area (Å²) in [6.07, 6.45) is 1.33. The Hall–Kier alpha value is -3.87. The number of carbonyl (C=O) groups is 2. The number of rotatable bonds is 5. The molecule has 0 spiro atoms. The Kier molecular flexibility index (Phi) is 4.87. The summed E-state index contributed by atoms with van der Waals surface area (Å²) in [6.45, 7) is 2.07. The summed E-state index contributed by atoms with van der Waals surface area (Å²) in [5.41, 5.74) is 3.13. The molecule has 7 heteroatoms. The number of aryl methyl sites for hydroxylation is 1. The van der Waals surface area contributed by atoms with Crippen molar-refractivity contribution in [3.05, 3.63) is 77.7 Å². The van der Waals surface area contributed by atoms with Crippen LogP contribution in [0.25, 0.3) is 5.57 Å². The number of benzene rings is 2. The van der Waals surface area contributed by atoms with E-state index in [1.807, 2.05) is 31.2 Å². The zero-order chi connectivity index (χ0) is 20.4. The molecule has 2 amide bonds. The van der Waals surface area contributed by atoms with Crippen molar-refractivity contribution in [2.75, 3.05) is 17.3 Å². The Morgan fingerprint density at radius 2 is 1.97 bits per heavy atom. The van der Waals surface area contributed by atoms with Crippen molar-refractivity contribution in [1.29, 1.82) is 0 Å². The molecule has 1 N–H and O–H groups in total. The minimum absolute atomic E-state index is 0.244. The monoisotopic (exact) mass is 389 g/mol. The van der Waals surface area contributed by atoms with E-state index in [-0.39, 0.29) is 18.4 Å². The molecule has 1 aromatic heterocycles. The van der Waals surface area contributed by atoms with Gasteiger partial charge in [-0.1, -0.05) is 23.4 Å². The molecule has 2 heterocycles. The van der Waals surface area contributed by atoms with E-state index in [2.05, 4.69) is 10.5 Å². The van der Waals surface area contributed by atoms with E-state index in [4.69, 9.17) is 9.26 Å². The van der Waals surface area contributed by atoms with Gasteiger partial charge < -0.3 is 19.5 Å². The van der Waals surface area contributed by atoms with E-state index < -0.39 is 0 Å². The molecule has 2 aromatic carbocycles. The van der Waals surface area contributed by atoms with E-state index in [0.29, 0.717) is 28.3 Å². The van der Waals surface area contributed by atoms with E-state index in [9.17, 15) is 9.59 Å². The Morgan fingerprint density at radius 1 is 1.21 bits per heavy atom. The Labute approximate surface area is 167 Å². The first kappa shape index (κ1) is 18.5. The molecule has 0 fully saturated rings. The molecular formula is C22H19N3O4. The molecule has 3 aromatic rings. The second-order valence-corrected chi connectivity index (χ2v) is 6.62. The highest BCUT2D eigenvalue weighted by molar-refractivity contribution is 6.35. The summed E-state index contributed by atoms with van der Waals surface area (Å²) in [7, 11) is 1.58. The van der Waals surface area contributed by atoms with Gasteiger partial charge in [0.2, 0.25) is 5.91 Å². The van der Waals surface area contributed by atoms with Gasteiger partial charge in [-0.25, -0.2) is 0 Å². The van der Waals surface area contributed by atoms with Gasteiger partial charge in [-0.15, -0.1) is 0 Å². The minimum Gasteiger partial charge on any atom is -0.497 e. The van der Waals surface area contributed by atoms with Crippen LogP contribution in [0.2, 0.25) is 0 Å². The fourth-order valence-electron chi connectivity index (χ4n) is 3.23. The molecule has 0 radical (unpaired) electrons. The smallest absolute Gasteiger partial charge is 0.259 e. The third-order valence-corrected chi connectivity index (χ3v) is 4.58. The average molecular weight is 389 g/mol. The van der Waals surface area contributed by atoms with Crippen LogP contribution in [0.5, 0.6) is 5.75 Å². The van der Waals surface area contributed by atoms with Crippen LogP contribution in [0, 0.1) is 6.92 Å². The SMILES string of the molecule is COc1ccc(NC(=O)/C=C2/C(=O)N(Cc3cc(C)no3)c3ccccc32)cc1. The highest BCUT2D eigenvalue weighted by atomic mass is 16.5. The van der Waals surface area contributed by atoms with Crippen molar-refractivity contribution in [2.24, 2.45) is 0 Å². The Bertz CT molecular complexity index is 1100. The van der Waals surface area contributed by atoms with Gasteiger partial charge in [0.05, 0.1) is 30.6 Å². The van der Waals surface area contributed by atoms with Gasteiger partial charge in [-0.3, -0.25) is 9.59 Å². The van der Waals surface area contributed by atoms with Gasteiger partial charge in [0.25, 0.3) is 5.91 Å². The molecule has 0 bridgehead atoms. The molecule has 0 saturated carbocycles. The van der Waals surface area contributed by atoms with Gasteiger partial charge >= 0.3 is 0 Å². The van der Waals surface area contributed by atoms with Crippen LogP contribution in [0.15, 0.2) is 65.2 Å². The molecular weight excluding hydrogens is 370 g/mol. The Morgan fingerprint density at radius 3 is 2.66 bits per heavy atom. The molecule has 7 nitrogen and oxygen atoms in total. The third kappa shape index (κ3) is 3.75. The number of ether oxygens (including phenoxy) is 1. The molecule has 0 unspecified atom stereocenters. The van der Waals surface area contributed by atoms with Crippen molar-refractivity contribution in [3.63, 3.8) is 0 Å². The summed E-state index contributed by atoms with van der Waals surface area (Å²) in [6, 6.07) is 16.1. The lowest BCUT2D eigenvalue weighted by molar-refractivity contribution is -0.114. The summed E-state index contributed by atoms with van der Waals surface area (Å²) in [5.74, 6) is 0.630. The standard InChI is InChI=1S/C22H19N3O4/c1-14-11-17(29-24-14)13-25-20-6-4-3-5-18(20)19(22(25)27)12-21(26)23-15-7-9-16(28-2)10-8-15/h3-12H,13H2,1-2H3,(H,23,26)/b19-12+. The highest BCUT2D eigenvalue weighted by Crippen LogP contribution is 2.37. The fraction of sp³-hybridized carbons (Fsp3) is 0.136. The van der Waals surface area contributed by atoms with Gasteiger partial charge in [0.15, 0.2) is 5.76 Å². The van der Waals surface area contributed by atoms with Gasteiger partial charge in [-0.2, -0.15) is 0 Å². The molecule has 0 saturated heterocycles. The van der Waals surface area contributed by atoms with Crippen LogP contribution in [-0.4, -0.2) is 24.1 Å². The second-order valence-electron chi connectivity index (χ2n) is 6.62. The van der Waals surface area contributed by atoms with Crippen molar-refractivity contribution >= 4 is 28.8 Å². The maximum absolute atomic E-state index is 13.0. The zero-order valence-corrected chi connectivity index (χ0v) is 16.0. The van der Waals surface area contributed by atoms with Crippen LogP contribution in [0.1, 0.15) is 17.0 Å². The zero-order valence-electron chi connectivity index (χ0n) is 16.0. The first-order chi connectivity index (χ1) is 14.0. The Balaban J connectivity index is 1.59. The van der Waals surface area contributed by atoms with Crippen LogP contribution in [0.3, 0.4) is 0 Å². The lowest BCUT2D eigenvalue weighted by Gasteiger charge is -2.14. The topological polar surface area (TPSA) is 84.7 Å². The number of nitrogens with one attached hydrogen (secondary N) is 1. The predicted octanol–water partition coefficient (Wildman–Crippen LogP) is 3.56. The third-order valence-electron chi connectivity index (χ3n) is 4.58. The van der Waals surface area contributed by atoms with Crippen LogP contribution >= 0.6 is 0 Å². The second kappa shape index (κ2) is 7.63. The number of anilines is 2. The molecule has 1 aliphatic heterocycles. The van der Waals surface area contributed by atoms with Crippen molar-refractivity contribution in [1.82, 2.24) is 5.16 Å². The normalized spacial score (nSPS) is 14.2. The maximum atomic E-state index is 13.0. The average Bonchev–Trinajstić information content (AvgIpc) is 3.25. The van der Waals surface area contributed by atoms with Gasteiger partial charge in [0.1, 0.15) is 5.75 Å². The number of fused-ring (bicyclic) bond motifs is 1. The maximum Gasteiger partial charge on any atom is 0.259 e. The summed E-state index contributed by atoms with van der Waals surface area (Å²) < 4.78 is 10.4. The number of amides is 2. The van der Waals surface area contributed by atoms with Crippen molar-refractivity contribution in [3.8, 4) is 5.75 Å². The molecule has 146 valence electrons. The summed E-state index contributed by atoms with van der Waals surface area (Å²) in [5, 5.41) is 6.63. The number of hydrogen-bond acceptors (Lipinski definition) is 5. The largest absolute Gasteiger partial charge is 0.497 e. The quantitative estimate of drug-likeness (QED) is 0.675. The van der Waals surface area contributed by atoms with Gasteiger partial charge in [-0.05, 0) is 37.3 Å². The first-order valence-electron chi connectivity index (χ1n) is 9.05. The number of aromatic nitrogens is 1. The van der Waals surface area contributed by atoms with E-state index in [0.717, 1.165) is 11.4 Å². The van der Waals surface area contributed by atoms with E-state index in [1.54, 1.807) is 42.3 Å². The van der Waals surface area contributed by atoms with Crippen LogP contribution in [-0.2, 0) is 16.1 Å². The minimum atomic E-state index is -0.384. The molecule has 0 aliphatic carbocycles. The lowest BCUT2D eigenvalue weighted by atomic mass is 10.1. The van der Waals surface area contributed by atoms with Crippen LogP contribution < -0.4 is 15.0 Å². The highest BCUT2D eigenvalue weighted by Gasteiger charge is 2.33. The predicted molar refractivity (Wildman–Crippen MR) is 108 cm³/mol. The molecule has 1 aliphatic rings. The fourth-order valence-corrected chi connectivity index (χ4v) is 3.23. The van der Waals surface area contributed by atoms with E-state index in [1.165, 1.54) is 6.08 Å². The first-order valence-corrected chi connectivity index (χ1v) is 9.05. The summed E-state index contributed by atoms with van der Waals surface area (Å²) in [4.78, 5) is 27.2. The number of hydrogen-bond donors (Lipinski definition) is 1. The number of para-hydroxylation sites is 1. The summed E-state index contributed by atoms with van der Waals surface area (Å²) >= 11 is 0. The van der Waals surface area contributed by atoms with Crippen molar-refractivity contribution in [2.45, 2.75) is 13.5 Å². The number of methoxy groups -OCH3 is 1. The lowest BCUT2D eigenvalue weighted by Crippen LogP contribution is -2.25. The molecule has 29 heavy (non-hydrogen) atoms.